The van der Waals surface area contributed by atoms with Gasteiger partial charge in [-0.3, -0.25) is 0 Å². The molecule has 0 aliphatic heterocycles. The number of nitrogens with one attached hydrogen (secondary N) is 1. The molecule has 0 unspecified atom stereocenters. The molecular formula is C13H18N2OS. The average Bonchev–Trinajstić information content (AvgIpc) is 2.68. The second-order valence-electron chi connectivity index (χ2n) is 3.89. The van der Waals surface area contributed by atoms with E-state index < -0.39 is 0 Å². The highest BCUT2D eigenvalue weighted by Crippen LogP contribution is 2.19. The minimum Gasteiger partial charge on any atom is -0.441 e. The van der Waals surface area contributed by atoms with Crippen LogP contribution in [0.1, 0.15) is 19.2 Å². The zero-order valence-corrected chi connectivity index (χ0v) is 11.1. The summed E-state index contributed by atoms with van der Waals surface area (Å²) in [4.78, 5) is 4.32. The summed E-state index contributed by atoms with van der Waals surface area (Å²) in [5, 5.41) is 3.41. The Labute approximate surface area is 106 Å². The largest absolute Gasteiger partial charge is 0.441 e. The van der Waals surface area contributed by atoms with E-state index >= 15 is 0 Å². The SMILES string of the molecule is CCSCCCNc1ccc2oc(C)nc2c1. The van der Waals surface area contributed by atoms with E-state index in [1.165, 1.54) is 17.9 Å². The number of aryl methyl sites for hydroxylation is 1. The third kappa shape index (κ3) is 3.40. The van der Waals surface area contributed by atoms with E-state index in [1.54, 1.807) is 0 Å². The summed E-state index contributed by atoms with van der Waals surface area (Å²) in [5.74, 6) is 3.13. The van der Waals surface area contributed by atoms with Crippen molar-refractivity contribution in [1.29, 1.82) is 0 Å². The molecule has 2 aromatic rings. The van der Waals surface area contributed by atoms with Crippen molar-refractivity contribution >= 4 is 28.5 Å². The summed E-state index contributed by atoms with van der Waals surface area (Å²) in [5.41, 5.74) is 2.90. The smallest absolute Gasteiger partial charge is 0.192 e. The molecule has 0 saturated carbocycles. The third-order valence-electron chi connectivity index (χ3n) is 2.49. The Hall–Kier alpha value is -1.16. The highest BCUT2D eigenvalue weighted by atomic mass is 32.2. The van der Waals surface area contributed by atoms with Crippen LogP contribution in [0.25, 0.3) is 11.1 Å². The van der Waals surface area contributed by atoms with Crippen molar-refractivity contribution in [3.63, 3.8) is 0 Å². The van der Waals surface area contributed by atoms with Crippen molar-refractivity contribution in [2.24, 2.45) is 0 Å². The van der Waals surface area contributed by atoms with Gasteiger partial charge < -0.3 is 9.73 Å². The third-order valence-corrected chi connectivity index (χ3v) is 3.48. The standard InChI is InChI=1S/C13H18N2OS/c1-3-17-8-4-7-14-11-5-6-13-12(9-11)15-10(2)16-13/h5-6,9,14H,3-4,7-8H2,1-2H3. The van der Waals surface area contributed by atoms with Crippen LogP contribution in [0.3, 0.4) is 0 Å². The Bertz CT molecular complexity index is 481. The molecule has 1 aromatic carbocycles. The Morgan fingerprint density at radius 2 is 2.29 bits per heavy atom. The molecule has 1 aromatic heterocycles. The van der Waals surface area contributed by atoms with Gasteiger partial charge in [0.1, 0.15) is 5.52 Å². The Morgan fingerprint density at radius 3 is 3.12 bits per heavy atom. The number of fused-ring (bicyclic) bond motifs is 1. The molecule has 4 heteroatoms. The van der Waals surface area contributed by atoms with Crippen molar-refractivity contribution in [2.75, 3.05) is 23.4 Å². The number of aromatic nitrogens is 1. The van der Waals surface area contributed by atoms with Gasteiger partial charge in [0.2, 0.25) is 0 Å². The summed E-state index contributed by atoms with van der Waals surface area (Å²) >= 11 is 1.98. The zero-order valence-electron chi connectivity index (χ0n) is 10.3. The lowest BCUT2D eigenvalue weighted by Gasteiger charge is -2.05. The normalized spacial score (nSPS) is 10.9. The first-order valence-corrected chi connectivity index (χ1v) is 7.14. The minimum absolute atomic E-state index is 0.719. The molecule has 0 amide bonds. The first-order valence-electron chi connectivity index (χ1n) is 5.98. The molecule has 0 saturated heterocycles. The summed E-state index contributed by atoms with van der Waals surface area (Å²) in [6.07, 6.45) is 1.19. The first kappa shape index (κ1) is 12.3. The maximum Gasteiger partial charge on any atom is 0.192 e. The maximum atomic E-state index is 5.44. The van der Waals surface area contributed by atoms with Crippen molar-refractivity contribution in [3.05, 3.63) is 24.1 Å². The number of thioether (sulfide) groups is 1. The van der Waals surface area contributed by atoms with Gasteiger partial charge in [0, 0.05) is 19.2 Å². The van der Waals surface area contributed by atoms with Crippen molar-refractivity contribution < 1.29 is 4.42 Å². The number of rotatable bonds is 6. The van der Waals surface area contributed by atoms with Crippen LogP contribution in [0.5, 0.6) is 0 Å². The quantitative estimate of drug-likeness (QED) is 0.793. The van der Waals surface area contributed by atoms with Crippen LogP contribution < -0.4 is 5.32 Å². The number of nitrogens with zero attached hydrogens (tertiary/aromatic N) is 1. The lowest BCUT2D eigenvalue weighted by atomic mass is 10.3. The molecule has 1 heterocycles. The van der Waals surface area contributed by atoms with Gasteiger partial charge in [0.05, 0.1) is 0 Å². The van der Waals surface area contributed by atoms with Crippen LogP contribution in [0.2, 0.25) is 0 Å². The lowest BCUT2D eigenvalue weighted by molar-refractivity contribution is 0.561. The Kier molecular flexibility index (Phi) is 4.31. The highest BCUT2D eigenvalue weighted by molar-refractivity contribution is 7.99. The van der Waals surface area contributed by atoms with Crippen LogP contribution in [-0.2, 0) is 0 Å². The van der Waals surface area contributed by atoms with Gasteiger partial charge >= 0.3 is 0 Å². The average molecular weight is 250 g/mol. The molecule has 0 spiro atoms. The Morgan fingerprint density at radius 1 is 1.41 bits per heavy atom. The van der Waals surface area contributed by atoms with E-state index in [4.69, 9.17) is 4.42 Å². The summed E-state index contributed by atoms with van der Waals surface area (Å²) < 4.78 is 5.44. The van der Waals surface area contributed by atoms with E-state index in [-0.39, 0.29) is 0 Å². The second kappa shape index (κ2) is 5.96. The minimum atomic E-state index is 0.719. The number of anilines is 1. The van der Waals surface area contributed by atoms with Crippen LogP contribution in [0.15, 0.2) is 22.6 Å². The van der Waals surface area contributed by atoms with Crippen molar-refractivity contribution in [2.45, 2.75) is 20.3 Å². The van der Waals surface area contributed by atoms with Gasteiger partial charge in [0.25, 0.3) is 0 Å². The van der Waals surface area contributed by atoms with Crippen LogP contribution in [0.4, 0.5) is 5.69 Å². The fourth-order valence-electron chi connectivity index (χ4n) is 1.70. The number of oxazole rings is 1. The maximum absolute atomic E-state index is 5.44. The summed E-state index contributed by atoms with van der Waals surface area (Å²) in [6, 6.07) is 6.05. The Balaban J connectivity index is 1.90. The molecule has 17 heavy (non-hydrogen) atoms. The molecule has 0 bridgehead atoms. The monoisotopic (exact) mass is 250 g/mol. The molecule has 0 fully saturated rings. The molecule has 0 atom stereocenters. The van der Waals surface area contributed by atoms with Crippen LogP contribution in [-0.4, -0.2) is 23.0 Å². The number of hydrogen-bond donors (Lipinski definition) is 1. The molecule has 1 N–H and O–H groups in total. The van der Waals surface area contributed by atoms with Gasteiger partial charge in [-0.15, -0.1) is 0 Å². The van der Waals surface area contributed by atoms with E-state index in [0.29, 0.717) is 0 Å². The fraction of sp³-hybridized carbons (Fsp3) is 0.462. The van der Waals surface area contributed by atoms with Gasteiger partial charge in [0.15, 0.2) is 11.5 Å². The number of hydrogen-bond acceptors (Lipinski definition) is 4. The molecule has 0 aliphatic rings. The van der Waals surface area contributed by atoms with Crippen LogP contribution >= 0.6 is 11.8 Å². The summed E-state index contributed by atoms with van der Waals surface area (Å²) in [7, 11) is 0. The van der Waals surface area contributed by atoms with Gasteiger partial charge in [-0.1, -0.05) is 6.92 Å². The van der Waals surface area contributed by atoms with E-state index in [1.807, 2.05) is 36.9 Å². The van der Waals surface area contributed by atoms with E-state index in [2.05, 4.69) is 17.2 Å². The van der Waals surface area contributed by atoms with Gasteiger partial charge in [-0.05, 0) is 36.1 Å². The predicted octanol–water partition coefficient (Wildman–Crippen LogP) is 3.69. The van der Waals surface area contributed by atoms with Crippen molar-refractivity contribution in [1.82, 2.24) is 4.98 Å². The van der Waals surface area contributed by atoms with Gasteiger partial charge in [-0.2, -0.15) is 11.8 Å². The molecule has 92 valence electrons. The lowest BCUT2D eigenvalue weighted by Crippen LogP contribution is -2.02. The second-order valence-corrected chi connectivity index (χ2v) is 5.29. The molecule has 0 radical (unpaired) electrons. The van der Waals surface area contributed by atoms with Crippen molar-refractivity contribution in [3.8, 4) is 0 Å². The van der Waals surface area contributed by atoms with E-state index in [9.17, 15) is 0 Å². The van der Waals surface area contributed by atoms with E-state index in [0.717, 1.165) is 29.2 Å². The molecular weight excluding hydrogens is 232 g/mol. The molecule has 2 rings (SSSR count). The zero-order chi connectivity index (χ0) is 12.1. The van der Waals surface area contributed by atoms with Gasteiger partial charge in [-0.25, -0.2) is 4.98 Å². The first-order chi connectivity index (χ1) is 8.29. The summed E-state index contributed by atoms with van der Waals surface area (Å²) in [6.45, 7) is 5.07. The topological polar surface area (TPSA) is 38.1 Å². The molecule has 0 aliphatic carbocycles. The highest BCUT2D eigenvalue weighted by Gasteiger charge is 2.02. The number of benzene rings is 1. The van der Waals surface area contributed by atoms with Crippen LogP contribution in [0, 0.1) is 6.92 Å². The predicted molar refractivity (Wildman–Crippen MR) is 74.9 cm³/mol. The molecule has 3 nitrogen and oxygen atoms in total. The fourth-order valence-corrected chi connectivity index (χ4v) is 2.34.